The quantitative estimate of drug-likeness (QED) is 0.686. The molecule has 0 aliphatic heterocycles. The van der Waals surface area contributed by atoms with Crippen LogP contribution in [0.15, 0.2) is 24.3 Å². The van der Waals surface area contributed by atoms with Crippen molar-refractivity contribution in [2.45, 2.75) is 58.9 Å². The fraction of sp³-hybridized carbons (Fsp3) is 0.647. The molecule has 108 valence electrons. The second-order valence-corrected chi connectivity index (χ2v) is 6.17. The lowest BCUT2D eigenvalue weighted by Crippen LogP contribution is -2.29. The summed E-state index contributed by atoms with van der Waals surface area (Å²) in [6, 6.07) is 8.91. The molecule has 0 spiro atoms. The van der Waals surface area contributed by atoms with Crippen molar-refractivity contribution < 1.29 is 0 Å². The number of hydrogen-bond acceptors (Lipinski definition) is 1. The average Bonchev–Trinajstić information content (AvgIpc) is 2.40. The third-order valence-electron chi connectivity index (χ3n) is 3.89. The minimum atomic E-state index is 0.538. The summed E-state index contributed by atoms with van der Waals surface area (Å²) < 4.78 is 0. The fourth-order valence-electron chi connectivity index (χ4n) is 2.47. The minimum Gasteiger partial charge on any atom is -0.314 e. The van der Waals surface area contributed by atoms with Crippen LogP contribution in [0.4, 0.5) is 0 Å². The summed E-state index contributed by atoms with van der Waals surface area (Å²) in [6.07, 6.45) is 3.79. The van der Waals surface area contributed by atoms with Gasteiger partial charge in [0, 0.05) is 17.6 Å². The van der Waals surface area contributed by atoms with Gasteiger partial charge in [-0.15, -0.1) is 0 Å². The molecule has 0 bridgehead atoms. The minimum absolute atomic E-state index is 0.538. The second kappa shape index (κ2) is 8.60. The van der Waals surface area contributed by atoms with Gasteiger partial charge in [-0.2, -0.15) is 0 Å². The molecule has 0 saturated carbocycles. The highest BCUT2D eigenvalue weighted by Crippen LogP contribution is 2.27. The summed E-state index contributed by atoms with van der Waals surface area (Å²) in [5.41, 5.74) is 1.41. The Hall–Kier alpha value is -0.530. The largest absolute Gasteiger partial charge is 0.314 e. The van der Waals surface area contributed by atoms with Gasteiger partial charge in [-0.1, -0.05) is 64.3 Å². The monoisotopic (exact) mass is 281 g/mol. The van der Waals surface area contributed by atoms with Crippen LogP contribution in [-0.4, -0.2) is 12.6 Å². The van der Waals surface area contributed by atoms with Crippen molar-refractivity contribution in [2.24, 2.45) is 5.92 Å². The third-order valence-corrected chi connectivity index (χ3v) is 4.14. The molecule has 1 rings (SSSR count). The van der Waals surface area contributed by atoms with Crippen molar-refractivity contribution in [3.63, 3.8) is 0 Å². The highest BCUT2D eigenvalue weighted by atomic mass is 35.5. The third kappa shape index (κ3) is 5.97. The van der Waals surface area contributed by atoms with Crippen LogP contribution >= 0.6 is 11.6 Å². The first kappa shape index (κ1) is 16.5. The lowest BCUT2D eigenvalue weighted by Gasteiger charge is -2.24. The van der Waals surface area contributed by atoms with Crippen molar-refractivity contribution in [1.29, 1.82) is 0 Å². The molecule has 1 N–H and O–H groups in total. The first-order chi connectivity index (χ1) is 9.06. The molecular formula is C17H28ClN. The molecule has 0 aliphatic carbocycles. The lowest BCUT2D eigenvalue weighted by molar-refractivity contribution is 0.391. The maximum absolute atomic E-state index is 5.99. The first-order valence-corrected chi connectivity index (χ1v) is 7.93. The summed E-state index contributed by atoms with van der Waals surface area (Å²) in [6.45, 7) is 10.0. The summed E-state index contributed by atoms with van der Waals surface area (Å²) >= 11 is 5.99. The van der Waals surface area contributed by atoms with Gasteiger partial charge in [0.15, 0.2) is 0 Å². The normalized spacial score (nSPS) is 13.2. The molecule has 0 amide bonds. The van der Waals surface area contributed by atoms with Gasteiger partial charge in [0.2, 0.25) is 0 Å². The zero-order valence-corrected chi connectivity index (χ0v) is 13.5. The van der Waals surface area contributed by atoms with Crippen molar-refractivity contribution >= 4 is 11.6 Å². The van der Waals surface area contributed by atoms with E-state index in [-0.39, 0.29) is 0 Å². The molecule has 1 nitrogen and oxygen atoms in total. The van der Waals surface area contributed by atoms with Crippen LogP contribution < -0.4 is 5.32 Å². The predicted molar refractivity (Wildman–Crippen MR) is 86.0 cm³/mol. The highest BCUT2D eigenvalue weighted by molar-refractivity contribution is 6.30. The van der Waals surface area contributed by atoms with Crippen molar-refractivity contribution in [3.8, 4) is 0 Å². The van der Waals surface area contributed by atoms with Gasteiger partial charge in [-0.05, 0) is 36.0 Å². The SMILES string of the molecule is CCC(CC)CC(CNC(C)C)c1ccc(Cl)cc1. The average molecular weight is 282 g/mol. The topological polar surface area (TPSA) is 12.0 Å². The molecule has 1 unspecified atom stereocenters. The van der Waals surface area contributed by atoms with Crippen LogP contribution in [0.2, 0.25) is 5.02 Å². The van der Waals surface area contributed by atoms with Gasteiger partial charge in [0.05, 0.1) is 0 Å². The van der Waals surface area contributed by atoms with Crippen molar-refractivity contribution in [1.82, 2.24) is 5.32 Å². The van der Waals surface area contributed by atoms with Crippen LogP contribution in [0.5, 0.6) is 0 Å². The highest BCUT2D eigenvalue weighted by Gasteiger charge is 2.16. The maximum atomic E-state index is 5.99. The molecule has 0 fully saturated rings. The van der Waals surface area contributed by atoms with Crippen molar-refractivity contribution in [2.75, 3.05) is 6.54 Å². The molecule has 1 atom stereocenters. The molecule has 19 heavy (non-hydrogen) atoms. The van der Waals surface area contributed by atoms with Gasteiger partial charge < -0.3 is 5.32 Å². The first-order valence-electron chi connectivity index (χ1n) is 7.55. The fourth-order valence-corrected chi connectivity index (χ4v) is 2.60. The zero-order valence-electron chi connectivity index (χ0n) is 12.7. The summed E-state index contributed by atoms with van der Waals surface area (Å²) in [7, 11) is 0. The predicted octanol–water partition coefficient (Wildman–Crippen LogP) is 5.25. The van der Waals surface area contributed by atoms with E-state index in [1.165, 1.54) is 24.8 Å². The number of benzene rings is 1. The van der Waals surface area contributed by atoms with Gasteiger partial charge in [-0.25, -0.2) is 0 Å². The molecule has 1 aromatic rings. The Kier molecular flexibility index (Phi) is 7.48. The van der Waals surface area contributed by atoms with E-state index in [1.54, 1.807) is 0 Å². The number of rotatable bonds is 8. The van der Waals surface area contributed by atoms with Gasteiger partial charge >= 0.3 is 0 Å². The maximum Gasteiger partial charge on any atom is 0.0406 e. The van der Waals surface area contributed by atoms with Gasteiger partial charge in [0.25, 0.3) is 0 Å². The van der Waals surface area contributed by atoms with Gasteiger partial charge in [0.1, 0.15) is 0 Å². The van der Waals surface area contributed by atoms with Crippen LogP contribution in [0.1, 0.15) is 58.4 Å². The van der Waals surface area contributed by atoms with E-state index in [1.807, 2.05) is 12.1 Å². The van der Waals surface area contributed by atoms with Crippen LogP contribution in [0.3, 0.4) is 0 Å². The Morgan fingerprint density at radius 1 is 1.05 bits per heavy atom. The number of halogens is 1. The summed E-state index contributed by atoms with van der Waals surface area (Å²) in [5, 5.41) is 4.40. The van der Waals surface area contributed by atoms with E-state index < -0.39 is 0 Å². The number of hydrogen-bond donors (Lipinski definition) is 1. The molecule has 0 radical (unpaired) electrons. The van der Waals surface area contributed by atoms with Gasteiger partial charge in [-0.3, -0.25) is 0 Å². The molecule has 2 heteroatoms. The molecule has 1 aromatic carbocycles. The second-order valence-electron chi connectivity index (χ2n) is 5.73. The Morgan fingerprint density at radius 3 is 2.11 bits per heavy atom. The van der Waals surface area contributed by atoms with Crippen LogP contribution in [0, 0.1) is 5.92 Å². The zero-order chi connectivity index (χ0) is 14.3. The standard InChI is InChI=1S/C17H28ClN/c1-5-14(6-2)11-16(12-19-13(3)4)15-7-9-17(18)10-8-15/h7-10,13-14,16,19H,5-6,11-12H2,1-4H3. The van der Waals surface area contributed by atoms with E-state index in [0.29, 0.717) is 12.0 Å². The Bertz CT molecular complexity index is 341. The Morgan fingerprint density at radius 2 is 1.63 bits per heavy atom. The molecule has 0 aliphatic rings. The van der Waals surface area contributed by atoms with Crippen molar-refractivity contribution in [3.05, 3.63) is 34.9 Å². The van der Waals surface area contributed by atoms with E-state index >= 15 is 0 Å². The molecule has 0 aromatic heterocycles. The lowest BCUT2D eigenvalue weighted by atomic mass is 9.86. The summed E-state index contributed by atoms with van der Waals surface area (Å²) in [5.74, 6) is 1.40. The van der Waals surface area contributed by atoms with E-state index in [0.717, 1.165) is 17.5 Å². The smallest absolute Gasteiger partial charge is 0.0406 e. The molecular weight excluding hydrogens is 254 g/mol. The van der Waals surface area contributed by atoms with E-state index in [2.05, 4.69) is 45.1 Å². The Balaban J connectivity index is 2.75. The number of nitrogens with one attached hydrogen (secondary N) is 1. The molecule has 0 heterocycles. The van der Waals surface area contributed by atoms with E-state index in [9.17, 15) is 0 Å². The summed E-state index contributed by atoms with van der Waals surface area (Å²) in [4.78, 5) is 0. The Labute approximate surface area is 123 Å². The van der Waals surface area contributed by atoms with Crippen LogP contribution in [0.25, 0.3) is 0 Å². The van der Waals surface area contributed by atoms with Crippen LogP contribution in [-0.2, 0) is 0 Å². The molecule has 0 saturated heterocycles. The van der Waals surface area contributed by atoms with E-state index in [4.69, 9.17) is 11.6 Å².